The summed E-state index contributed by atoms with van der Waals surface area (Å²) in [6.45, 7) is 4.57. The maximum atomic E-state index is 13.1. The van der Waals surface area contributed by atoms with E-state index in [2.05, 4.69) is 104 Å². The van der Waals surface area contributed by atoms with Gasteiger partial charge in [-0.1, -0.05) is 368 Å². The smallest absolute Gasteiger partial charge is 0.268 e. The molecule has 518 valence electrons. The summed E-state index contributed by atoms with van der Waals surface area (Å²) in [6, 6.07) is -0.895. The Kier molecular flexibility index (Phi) is 67.7. The summed E-state index contributed by atoms with van der Waals surface area (Å²) < 4.78 is 23.5. The largest absolute Gasteiger partial charge is 0.756 e. The van der Waals surface area contributed by atoms with Crippen molar-refractivity contribution in [3.05, 3.63) is 97.2 Å². The number of aliphatic hydroxyl groups excluding tert-OH is 1. The lowest BCUT2D eigenvalue weighted by Crippen LogP contribution is -2.45. The molecule has 0 spiro atoms. The van der Waals surface area contributed by atoms with Crippen molar-refractivity contribution in [1.29, 1.82) is 0 Å². The Morgan fingerprint density at radius 3 is 1.00 bits per heavy atom. The first-order valence-electron chi connectivity index (χ1n) is 38.1. The Morgan fingerprint density at radius 1 is 0.404 bits per heavy atom. The van der Waals surface area contributed by atoms with E-state index in [1.54, 1.807) is 6.08 Å². The Hall–Kier alpha value is -2.58. The molecule has 0 aromatic carbocycles. The van der Waals surface area contributed by atoms with Crippen molar-refractivity contribution in [1.82, 2.24) is 5.32 Å². The average Bonchev–Trinajstić information content (AvgIpc) is 3.64. The molecule has 0 aliphatic carbocycles. The maximum absolute atomic E-state index is 13.1. The van der Waals surface area contributed by atoms with E-state index in [9.17, 15) is 19.4 Å². The number of likely N-dealkylation sites (N-methyl/N-ethyl adjacent to an activating group) is 1. The highest BCUT2D eigenvalue weighted by Gasteiger charge is 2.23. The zero-order valence-corrected chi connectivity index (χ0v) is 60.3. The van der Waals surface area contributed by atoms with E-state index in [0.717, 1.165) is 83.5 Å². The molecule has 3 unspecified atom stereocenters. The lowest BCUT2D eigenvalue weighted by molar-refractivity contribution is -0.870. The monoisotopic (exact) mass is 1260 g/mol. The van der Waals surface area contributed by atoms with Crippen LogP contribution in [0.4, 0.5) is 0 Å². The van der Waals surface area contributed by atoms with Gasteiger partial charge < -0.3 is 28.8 Å². The van der Waals surface area contributed by atoms with Crippen LogP contribution < -0.4 is 10.2 Å². The van der Waals surface area contributed by atoms with Gasteiger partial charge in [0, 0.05) is 6.42 Å². The molecule has 8 nitrogen and oxygen atoms in total. The van der Waals surface area contributed by atoms with E-state index in [-0.39, 0.29) is 19.1 Å². The summed E-state index contributed by atoms with van der Waals surface area (Å²) in [6.07, 6.45) is 101. The standard InChI is InChI=1S/C80H147N2O6P/c1-6-8-10-12-14-16-18-20-22-24-26-28-30-32-34-36-38-40-41-42-44-46-48-50-52-54-56-58-60-62-64-66-68-70-72-74-80(84)81-78(77-88-89(85,86)87-76-75-82(3,4)5)79(83)73-71-69-67-65-63-61-59-57-55-53-51-49-47-45-43-39-37-35-33-31-29-27-25-23-21-19-17-15-13-11-9-7-2/h8,10,14,16,20,22,26,28,32,34,38,40,42,44,71,73,78-79,83H,6-7,9,11-13,15,17-19,21,23-25,27,29-31,33,35-37,39,41,43,45-70,72,74-77H2,1-5H3,(H-,81,84,85,86)/b10-8-,16-14-,22-20-,28-26-,34-32-,40-38-,44-42-,73-71+. The third kappa shape index (κ3) is 72.7. The molecule has 0 aromatic rings. The number of amides is 1. The molecule has 0 aliphatic rings. The lowest BCUT2D eigenvalue weighted by Gasteiger charge is -2.29. The molecule has 0 heterocycles. The third-order valence-electron chi connectivity index (χ3n) is 17.0. The van der Waals surface area contributed by atoms with Gasteiger partial charge >= 0.3 is 0 Å². The number of nitrogens with zero attached hydrogens (tertiary/aromatic N) is 1. The Bertz CT molecular complexity index is 1780. The molecule has 0 rings (SSSR count). The molecule has 0 bridgehead atoms. The van der Waals surface area contributed by atoms with Crippen LogP contribution in [0.1, 0.15) is 354 Å². The maximum Gasteiger partial charge on any atom is 0.268 e. The fourth-order valence-corrected chi connectivity index (χ4v) is 11.9. The highest BCUT2D eigenvalue weighted by atomic mass is 31.2. The van der Waals surface area contributed by atoms with Crippen molar-refractivity contribution < 1.29 is 32.9 Å². The predicted molar refractivity (Wildman–Crippen MR) is 390 cm³/mol. The minimum atomic E-state index is -4.61. The van der Waals surface area contributed by atoms with E-state index in [4.69, 9.17) is 9.05 Å². The number of phosphoric ester groups is 1. The lowest BCUT2D eigenvalue weighted by atomic mass is 10.0. The molecule has 2 N–H and O–H groups in total. The first-order chi connectivity index (χ1) is 43.5. The molecule has 0 radical (unpaired) electrons. The van der Waals surface area contributed by atoms with Gasteiger partial charge in [-0.3, -0.25) is 9.36 Å². The Labute approximate surface area is 553 Å². The summed E-state index contributed by atoms with van der Waals surface area (Å²) in [5.41, 5.74) is 0. The first-order valence-corrected chi connectivity index (χ1v) is 39.6. The van der Waals surface area contributed by atoms with Gasteiger partial charge in [-0.05, 0) is 77.0 Å². The second-order valence-electron chi connectivity index (χ2n) is 27.0. The number of hydrogen-bond donors (Lipinski definition) is 2. The van der Waals surface area contributed by atoms with Crippen LogP contribution in [-0.2, 0) is 18.4 Å². The van der Waals surface area contributed by atoms with Gasteiger partial charge in [-0.15, -0.1) is 0 Å². The van der Waals surface area contributed by atoms with Gasteiger partial charge in [0.15, 0.2) is 0 Å². The first kappa shape index (κ1) is 86.4. The molecule has 0 aliphatic heterocycles. The minimum Gasteiger partial charge on any atom is -0.756 e. The second-order valence-corrected chi connectivity index (χ2v) is 28.4. The number of allylic oxidation sites excluding steroid dienone is 15. The molecule has 0 aromatic heterocycles. The normalized spacial score (nSPS) is 14.1. The van der Waals surface area contributed by atoms with E-state index in [0.29, 0.717) is 17.4 Å². The predicted octanol–water partition coefficient (Wildman–Crippen LogP) is 24.2. The van der Waals surface area contributed by atoms with E-state index < -0.39 is 20.0 Å². The van der Waals surface area contributed by atoms with Crippen molar-refractivity contribution in [3.63, 3.8) is 0 Å². The summed E-state index contributed by atoms with van der Waals surface area (Å²) in [7, 11) is 1.26. The molecule has 89 heavy (non-hydrogen) atoms. The molecular weight excluding hydrogens is 1120 g/mol. The van der Waals surface area contributed by atoms with E-state index in [1.165, 1.54) is 250 Å². The van der Waals surface area contributed by atoms with Crippen molar-refractivity contribution in [2.75, 3.05) is 40.9 Å². The minimum absolute atomic E-state index is 0.00372. The van der Waals surface area contributed by atoms with Crippen LogP contribution in [0.5, 0.6) is 0 Å². The Morgan fingerprint density at radius 2 is 0.685 bits per heavy atom. The quantitative estimate of drug-likeness (QED) is 0.0272. The summed E-state index contributed by atoms with van der Waals surface area (Å²) in [4.78, 5) is 25.7. The average molecular weight is 1260 g/mol. The van der Waals surface area contributed by atoms with Gasteiger partial charge in [0.1, 0.15) is 13.2 Å². The van der Waals surface area contributed by atoms with Crippen LogP contribution in [0.15, 0.2) is 97.2 Å². The van der Waals surface area contributed by atoms with Gasteiger partial charge in [0.05, 0.1) is 39.9 Å². The third-order valence-corrected chi connectivity index (χ3v) is 18.0. The number of rotatable bonds is 70. The molecule has 9 heteroatoms. The molecular formula is C80H147N2O6P. The van der Waals surface area contributed by atoms with Gasteiger partial charge in [-0.2, -0.15) is 0 Å². The van der Waals surface area contributed by atoms with Crippen LogP contribution in [0, 0.1) is 0 Å². The van der Waals surface area contributed by atoms with Crippen molar-refractivity contribution in [2.45, 2.75) is 366 Å². The Balaban J connectivity index is 4.04. The van der Waals surface area contributed by atoms with Crippen molar-refractivity contribution >= 4 is 13.7 Å². The van der Waals surface area contributed by atoms with Crippen LogP contribution in [0.2, 0.25) is 0 Å². The zero-order chi connectivity index (χ0) is 64.8. The molecule has 0 fully saturated rings. The van der Waals surface area contributed by atoms with Crippen LogP contribution in [0.3, 0.4) is 0 Å². The fraction of sp³-hybridized carbons (Fsp3) is 0.787. The molecule has 3 atom stereocenters. The van der Waals surface area contributed by atoms with Gasteiger partial charge in [0.2, 0.25) is 5.91 Å². The number of phosphoric acid groups is 1. The second kappa shape index (κ2) is 69.8. The summed E-state index contributed by atoms with van der Waals surface area (Å²) in [5.74, 6) is -0.197. The van der Waals surface area contributed by atoms with Gasteiger partial charge in [-0.25, -0.2) is 0 Å². The van der Waals surface area contributed by atoms with Crippen LogP contribution in [0.25, 0.3) is 0 Å². The zero-order valence-electron chi connectivity index (χ0n) is 59.4. The molecule has 0 saturated carbocycles. The highest BCUT2D eigenvalue weighted by Crippen LogP contribution is 2.38. The number of carbonyl (C=O) groups excluding carboxylic acids is 1. The SMILES string of the molecule is CC/C=C\C/C=C\C/C=C\C/C=C\C/C=C\C/C=C\C/C=C\CCCCCCCCCCCCCCCC(=O)NC(COP(=O)([O-])OCC[N+](C)(C)C)C(O)/C=C/CCCCCCCCCCCCCCCCCCCCCCCCCCCCCCCC. The van der Waals surface area contributed by atoms with E-state index >= 15 is 0 Å². The van der Waals surface area contributed by atoms with Gasteiger partial charge in [0.25, 0.3) is 7.82 Å². The van der Waals surface area contributed by atoms with Crippen LogP contribution >= 0.6 is 7.82 Å². The number of unbranched alkanes of at least 4 members (excludes halogenated alkanes) is 43. The molecule has 0 saturated heterocycles. The number of hydrogen-bond acceptors (Lipinski definition) is 6. The number of nitrogens with one attached hydrogen (secondary N) is 1. The van der Waals surface area contributed by atoms with E-state index in [1.807, 2.05) is 27.2 Å². The summed E-state index contributed by atoms with van der Waals surface area (Å²) >= 11 is 0. The number of quaternary nitrogens is 1. The number of aliphatic hydroxyl groups is 1. The fourth-order valence-electron chi connectivity index (χ4n) is 11.2. The summed E-state index contributed by atoms with van der Waals surface area (Å²) in [5, 5.41) is 14.0. The van der Waals surface area contributed by atoms with Crippen LogP contribution in [-0.4, -0.2) is 68.5 Å². The molecule has 1 amide bonds. The van der Waals surface area contributed by atoms with Crippen molar-refractivity contribution in [2.24, 2.45) is 0 Å². The topological polar surface area (TPSA) is 108 Å². The highest BCUT2D eigenvalue weighted by molar-refractivity contribution is 7.45. The number of carbonyl (C=O) groups is 1. The van der Waals surface area contributed by atoms with Crippen molar-refractivity contribution in [3.8, 4) is 0 Å².